The van der Waals surface area contributed by atoms with Crippen molar-refractivity contribution in [1.29, 1.82) is 0 Å². The molecule has 0 aliphatic rings. The van der Waals surface area contributed by atoms with Crippen molar-refractivity contribution in [3.63, 3.8) is 0 Å². The second-order valence-corrected chi connectivity index (χ2v) is 6.08. The first-order valence-electron chi connectivity index (χ1n) is 5.16. The predicted molar refractivity (Wildman–Crippen MR) is 72.0 cm³/mol. The molecule has 0 aliphatic carbocycles. The molecule has 8 nitrogen and oxygen atoms in total. The Morgan fingerprint density at radius 3 is 2.68 bits per heavy atom. The molecule has 0 atom stereocenters. The van der Waals surface area contributed by atoms with E-state index in [2.05, 4.69) is 9.71 Å². The minimum Gasteiger partial charge on any atom is -0.357 e. The maximum atomic E-state index is 10.9. The quantitative estimate of drug-likeness (QED) is 0.610. The van der Waals surface area contributed by atoms with Gasteiger partial charge in [-0.05, 0) is 0 Å². The molecule has 0 fully saturated rings. The first-order valence-corrected chi connectivity index (χ1v) is 7.43. The highest BCUT2D eigenvalue weighted by molar-refractivity contribution is 7.88. The monoisotopic (exact) mass is 308 g/mol. The summed E-state index contributed by atoms with van der Waals surface area (Å²) in [5.41, 5.74) is -0.198. The number of nitrogens with one attached hydrogen (secondary N) is 1. The van der Waals surface area contributed by atoms with Gasteiger partial charge in [0, 0.05) is 26.2 Å². The molecule has 0 bridgehead atoms. The van der Waals surface area contributed by atoms with Crippen molar-refractivity contribution in [2.24, 2.45) is 0 Å². The highest BCUT2D eigenvalue weighted by atomic mass is 35.5. The molecule has 0 aromatic carbocycles. The third-order valence-corrected chi connectivity index (χ3v) is 3.20. The standard InChI is InChI=1S/C9H13ClN4O4S/c1-13(4-3-12-19(2,17)18)9-8(10)5-7(6-11-9)14(15)16/h5-6,12H,3-4H2,1-2H3. The predicted octanol–water partition coefficient (Wildman–Crippen LogP) is 0.629. The number of pyridine rings is 1. The third-order valence-electron chi connectivity index (χ3n) is 2.19. The summed E-state index contributed by atoms with van der Waals surface area (Å²) in [6.45, 7) is 0.516. The zero-order valence-corrected chi connectivity index (χ0v) is 11.9. The second-order valence-electron chi connectivity index (χ2n) is 3.84. The van der Waals surface area contributed by atoms with Crippen molar-refractivity contribution >= 4 is 33.1 Å². The van der Waals surface area contributed by atoms with Gasteiger partial charge in [0.2, 0.25) is 10.0 Å². The fourth-order valence-electron chi connectivity index (χ4n) is 1.31. The molecule has 1 rings (SSSR count). The van der Waals surface area contributed by atoms with Gasteiger partial charge >= 0.3 is 0 Å². The normalized spacial score (nSPS) is 11.3. The third kappa shape index (κ3) is 4.97. The Kier molecular flexibility index (Phi) is 5.04. The Bertz CT molecular complexity index is 578. The summed E-state index contributed by atoms with van der Waals surface area (Å²) in [4.78, 5) is 15.4. The van der Waals surface area contributed by atoms with Crippen molar-refractivity contribution < 1.29 is 13.3 Å². The van der Waals surface area contributed by atoms with Gasteiger partial charge in [-0.15, -0.1) is 0 Å². The van der Waals surface area contributed by atoms with E-state index in [1.54, 1.807) is 11.9 Å². The van der Waals surface area contributed by atoms with Gasteiger partial charge in [-0.25, -0.2) is 18.1 Å². The number of aromatic nitrogens is 1. The van der Waals surface area contributed by atoms with E-state index in [0.717, 1.165) is 12.5 Å². The molecule has 0 spiro atoms. The number of nitro groups is 1. The lowest BCUT2D eigenvalue weighted by Crippen LogP contribution is -2.32. The van der Waals surface area contributed by atoms with Gasteiger partial charge in [-0.1, -0.05) is 11.6 Å². The van der Waals surface area contributed by atoms with Crippen LogP contribution in [0.5, 0.6) is 0 Å². The lowest BCUT2D eigenvalue weighted by molar-refractivity contribution is -0.385. The van der Waals surface area contributed by atoms with E-state index < -0.39 is 14.9 Å². The van der Waals surface area contributed by atoms with E-state index in [-0.39, 0.29) is 17.3 Å². The molecule has 1 heterocycles. The summed E-state index contributed by atoms with van der Waals surface area (Å²) >= 11 is 5.89. The molecule has 0 saturated carbocycles. The molecular weight excluding hydrogens is 296 g/mol. The first-order chi connectivity index (χ1) is 8.70. The smallest absolute Gasteiger partial charge is 0.289 e. The fraction of sp³-hybridized carbons (Fsp3) is 0.444. The summed E-state index contributed by atoms with van der Waals surface area (Å²) in [6.07, 6.45) is 2.16. The molecule has 0 unspecified atom stereocenters. The molecule has 0 aliphatic heterocycles. The van der Waals surface area contributed by atoms with Crippen LogP contribution >= 0.6 is 11.6 Å². The molecule has 106 valence electrons. The van der Waals surface area contributed by atoms with Crippen LogP contribution in [-0.2, 0) is 10.0 Å². The second kappa shape index (κ2) is 6.13. The Hall–Kier alpha value is -1.45. The fourth-order valence-corrected chi connectivity index (χ4v) is 2.07. The molecule has 19 heavy (non-hydrogen) atoms. The summed E-state index contributed by atoms with van der Waals surface area (Å²) < 4.78 is 24.1. The Balaban J connectivity index is 2.72. The van der Waals surface area contributed by atoms with E-state index in [1.807, 2.05) is 0 Å². The molecule has 0 amide bonds. The van der Waals surface area contributed by atoms with Gasteiger partial charge in [0.05, 0.1) is 16.2 Å². The molecule has 0 saturated heterocycles. The number of anilines is 1. The number of rotatable bonds is 6. The van der Waals surface area contributed by atoms with Crippen LogP contribution in [0.4, 0.5) is 11.5 Å². The van der Waals surface area contributed by atoms with Crippen LogP contribution in [0, 0.1) is 10.1 Å². The SMILES string of the molecule is CN(CCNS(C)(=O)=O)c1ncc([N+](=O)[O-])cc1Cl. The van der Waals surface area contributed by atoms with Gasteiger partial charge in [-0.3, -0.25) is 10.1 Å². The van der Waals surface area contributed by atoms with Crippen LogP contribution in [0.2, 0.25) is 5.02 Å². The van der Waals surface area contributed by atoms with Crippen LogP contribution < -0.4 is 9.62 Å². The van der Waals surface area contributed by atoms with Crippen molar-refractivity contribution in [2.75, 3.05) is 31.3 Å². The molecule has 1 N–H and O–H groups in total. The Morgan fingerprint density at radius 2 is 2.21 bits per heavy atom. The number of sulfonamides is 1. The summed E-state index contributed by atoms with van der Waals surface area (Å²) in [6, 6.07) is 1.20. The molecular formula is C9H13ClN4O4S. The van der Waals surface area contributed by atoms with Crippen LogP contribution in [0.3, 0.4) is 0 Å². The number of halogens is 1. The van der Waals surface area contributed by atoms with E-state index in [4.69, 9.17) is 11.6 Å². The van der Waals surface area contributed by atoms with Gasteiger partial charge in [0.15, 0.2) is 0 Å². The molecule has 10 heteroatoms. The minimum absolute atomic E-state index is 0.135. The van der Waals surface area contributed by atoms with Gasteiger partial charge < -0.3 is 4.90 Å². The molecule has 1 aromatic rings. The van der Waals surface area contributed by atoms with E-state index in [9.17, 15) is 18.5 Å². The van der Waals surface area contributed by atoms with Crippen molar-refractivity contribution in [3.8, 4) is 0 Å². The van der Waals surface area contributed by atoms with E-state index >= 15 is 0 Å². The van der Waals surface area contributed by atoms with E-state index in [0.29, 0.717) is 12.4 Å². The van der Waals surface area contributed by atoms with Crippen molar-refractivity contribution in [3.05, 3.63) is 27.4 Å². The van der Waals surface area contributed by atoms with E-state index in [1.165, 1.54) is 6.07 Å². The summed E-state index contributed by atoms with van der Waals surface area (Å²) in [5, 5.41) is 10.7. The summed E-state index contributed by atoms with van der Waals surface area (Å²) in [5.74, 6) is 0.350. The Labute approximate surface area is 115 Å². The Morgan fingerprint density at radius 1 is 1.58 bits per heavy atom. The maximum Gasteiger partial charge on any atom is 0.289 e. The van der Waals surface area contributed by atoms with Crippen molar-refractivity contribution in [1.82, 2.24) is 9.71 Å². The largest absolute Gasteiger partial charge is 0.357 e. The van der Waals surface area contributed by atoms with Crippen LogP contribution in [0.1, 0.15) is 0 Å². The lowest BCUT2D eigenvalue weighted by atomic mass is 10.4. The molecule has 0 radical (unpaired) electrons. The molecule has 1 aromatic heterocycles. The topological polar surface area (TPSA) is 105 Å². The average molecular weight is 309 g/mol. The highest BCUT2D eigenvalue weighted by Crippen LogP contribution is 2.25. The minimum atomic E-state index is -3.25. The number of nitrogens with zero attached hydrogens (tertiary/aromatic N) is 3. The van der Waals surface area contributed by atoms with Crippen LogP contribution in [0.25, 0.3) is 0 Å². The summed E-state index contributed by atoms with van der Waals surface area (Å²) in [7, 11) is -1.59. The number of hydrogen-bond donors (Lipinski definition) is 1. The number of hydrogen-bond acceptors (Lipinski definition) is 6. The van der Waals surface area contributed by atoms with Crippen molar-refractivity contribution in [2.45, 2.75) is 0 Å². The average Bonchev–Trinajstić information content (AvgIpc) is 2.26. The first kappa shape index (κ1) is 15.6. The maximum absolute atomic E-state index is 10.9. The van der Waals surface area contributed by atoms with Gasteiger partial charge in [0.25, 0.3) is 5.69 Å². The highest BCUT2D eigenvalue weighted by Gasteiger charge is 2.14. The zero-order chi connectivity index (χ0) is 14.6. The van der Waals surface area contributed by atoms with Gasteiger partial charge in [-0.2, -0.15) is 0 Å². The number of likely N-dealkylation sites (N-methyl/N-ethyl adjacent to an activating group) is 1. The zero-order valence-electron chi connectivity index (χ0n) is 10.3. The van der Waals surface area contributed by atoms with Crippen LogP contribution in [-0.4, -0.2) is 44.7 Å². The van der Waals surface area contributed by atoms with Crippen LogP contribution in [0.15, 0.2) is 12.3 Å². The van der Waals surface area contributed by atoms with Gasteiger partial charge in [0.1, 0.15) is 12.0 Å². The lowest BCUT2D eigenvalue weighted by Gasteiger charge is -2.18.